The molecule has 0 N–H and O–H groups in total. The maximum Gasteiger partial charge on any atom is 0.485 e. The highest BCUT2D eigenvalue weighted by Crippen LogP contribution is 2.34. The number of imidazole rings is 1. The Balaban J connectivity index is 2.04. The van der Waals surface area contributed by atoms with Crippen molar-refractivity contribution in [2.24, 2.45) is 0 Å². The van der Waals surface area contributed by atoms with E-state index in [0.717, 1.165) is 6.20 Å². The molecule has 1 aromatic rings. The molecule has 0 unspecified atom stereocenters. The molecule has 0 spiro atoms. The van der Waals surface area contributed by atoms with Crippen LogP contribution < -0.4 is 0 Å². The van der Waals surface area contributed by atoms with Crippen molar-refractivity contribution >= 4 is 21.6 Å². The minimum absolute atomic E-state index is 0.298. The molecule has 1 aromatic heterocycles. The summed E-state index contributed by atoms with van der Waals surface area (Å²) in [6, 6.07) is 0. The highest BCUT2D eigenvalue weighted by atomic mass is 79.9. The van der Waals surface area contributed by atoms with Crippen molar-refractivity contribution in [3.05, 3.63) is 22.3 Å². The Morgan fingerprint density at radius 2 is 1.95 bits per heavy atom. The molecule has 21 heavy (non-hydrogen) atoms. The zero-order valence-corrected chi connectivity index (χ0v) is 12.9. The van der Waals surface area contributed by atoms with E-state index in [1.807, 2.05) is 4.90 Å². The number of hydrogen-bond donors (Lipinski definition) is 0. The van der Waals surface area contributed by atoms with E-state index in [4.69, 9.17) is 4.74 Å². The molecule has 0 amide bonds. The number of rotatable bonds is 1. The Bertz CT molecular complexity index is 578. The zero-order valence-electron chi connectivity index (χ0n) is 11.3. The Labute approximate surface area is 128 Å². The normalized spacial score (nSPS) is 19.6. The van der Waals surface area contributed by atoms with Gasteiger partial charge in [0.05, 0.1) is 24.6 Å². The predicted octanol–water partition coefficient (Wildman–Crippen LogP) is 2.38. The number of aryl methyl sites for hydroxylation is 1. The third kappa shape index (κ3) is 2.64. The molecule has 3 heterocycles. The molecular weight excluding hydrogens is 353 g/mol. The number of ether oxygens (including phenoxy) is 1. The highest BCUT2D eigenvalue weighted by Gasteiger charge is 2.40. The maximum atomic E-state index is 13.1. The van der Waals surface area contributed by atoms with Crippen LogP contribution in [0.1, 0.15) is 11.5 Å². The lowest BCUT2D eigenvalue weighted by molar-refractivity contribution is -0.237. The first kappa shape index (κ1) is 14.7. The topological polar surface area (TPSA) is 33.5 Å². The van der Waals surface area contributed by atoms with Gasteiger partial charge in [0.25, 0.3) is 0 Å². The fourth-order valence-electron chi connectivity index (χ4n) is 2.46. The molecule has 5 nitrogen and oxygen atoms in total. The smallest absolute Gasteiger partial charge is 0.378 e. The van der Waals surface area contributed by atoms with Crippen LogP contribution in [-0.2, 0) is 11.4 Å². The number of morpholine rings is 1. The molecule has 0 aliphatic carbocycles. The first-order chi connectivity index (χ1) is 9.88. The van der Waals surface area contributed by atoms with Crippen LogP contribution in [0, 0.1) is 6.92 Å². The SMILES string of the molecule is Cc1nc2n(c1Br)CN(C(F)(F)F)C=C2N1CCOCC1. The average molecular weight is 367 g/mol. The first-order valence-corrected chi connectivity index (χ1v) is 7.28. The van der Waals surface area contributed by atoms with Gasteiger partial charge >= 0.3 is 6.30 Å². The molecule has 0 saturated carbocycles. The van der Waals surface area contributed by atoms with Crippen LogP contribution in [0.15, 0.2) is 10.8 Å². The molecule has 2 aliphatic heterocycles. The second-order valence-corrected chi connectivity index (χ2v) is 5.68. The van der Waals surface area contributed by atoms with E-state index in [1.54, 1.807) is 6.92 Å². The van der Waals surface area contributed by atoms with Gasteiger partial charge in [-0.2, -0.15) is 13.2 Å². The lowest BCUT2D eigenvalue weighted by Gasteiger charge is -2.36. The van der Waals surface area contributed by atoms with Gasteiger partial charge in [-0.25, -0.2) is 4.98 Å². The van der Waals surface area contributed by atoms with Gasteiger partial charge in [-0.1, -0.05) is 0 Å². The second-order valence-electron chi connectivity index (χ2n) is 4.93. The lowest BCUT2D eigenvalue weighted by atomic mass is 10.3. The van der Waals surface area contributed by atoms with E-state index in [-0.39, 0.29) is 6.67 Å². The minimum atomic E-state index is -4.42. The lowest BCUT2D eigenvalue weighted by Crippen LogP contribution is -2.42. The summed E-state index contributed by atoms with van der Waals surface area (Å²) in [5.74, 6) is 0.557. The molecule has 1 fully saturated rings. The van der Waals surface area contributed by atoms with E-state index in [1.165, 1.54) is 4.57 Å². The van der Waals surface area contributed by atoms with Crippen molar-refractivity contribution in [3.8, 4) is 0 Å². The molecular formula is C12H14BrF3N4O. The minimum Gasteiger partial charge on any atom is -0.378 e. The molecule has 2 aliphatic rings. The van der Waals surface area contributed by atoms with Gasteiger partial charge in [0.1, 0.15) is 11.3 Å². The summed E-state index contributed by atoms with van der Waals surface area (Å²) in [6.07, 6.45) is -3.29. The summed E-state index contributed by atoms with van der Waals surface area (Å²) in [6.45, 7) is 3.59. The van der Waals surface area contributed by atoms with E-state index in [9.17, 15) is 13.2 Å². The van der Waals surface area contributed by atoms with Gasteiger partial charge in [-0.3, -0.25) is 9.47 Å². The molecule has 0 bridgehead atoms. The quantitative estimate of drug-likeness (QED) is 0.714. The molecule has 116 valence electrons. The van der Waals surface area contributed by atoms with Gasteiger partial charge in [0.15, 0.2) is 5.82 Å². The number of nitrogens with zero attached hydrogens (tertiary/aromatic N) is 4. The number of fused-ring (bicyclic) bond motifs is 1. The average Bonchev–Trinajstić information content (AvgIpc) is 2.74. The molecule has 3 rings (SSSR count). The third-order valence-electron chi connectivity index (χ3n) is 3.54. The van der Waals surface area contributed by atoms with E-state index in [0.29, 0.717) is 53.0 Å². The number of aromatic nitrogens is 2. The number of alkyl halides is 3. The summed E-state index contributed by atoms with van der Waals surface area (Å²) in [4.78, 5) is 6.65. The number of halogens is 4. The highest BCUT2D eigenvalue weighted by molar-refractivity contribution is 9.10. The van der Waals surface area contributed by atoms with Gasteiger partial charge in [-0.15, -0.1) is 0 Å². The van der Waals surface area contributed by atoms with Crippen molar-refractivity contribution in [2.75, 3.05) is 26.3 Å². The predicted molar refractivity (Wildman–Crippen MR) is 72.9 cm³/mol. The largest absolute Gasteiger partial charge is 0.485 e. The molecule has 1 saturated heterocycles. The van der Waals surface area contributed by atoms with Crippen LogP contribution in [-0.4, -0.2) is 52.0 Å². The Morgan fingerprint density at radius 3 is 2.57 bits per heavy atom. The summed E-state index contributed by atoms with van der Waals surface area (Å²) in [7, 11) is 0. The maximum absolute atomic E-state index is 13.1. The van der Waals surface area contributed by atoms with E-state index >= 15 is 0 Å². The fraction of sp³-hybridized carbons (Fsp3) is 0.583. The number of hydrogen-bond acceptors (Lipinski definition) is 4. The molecule has 9 heteroatoms. The third-order valence-corrected chi connectivity index (χ3v) is 4.55. The van der Waals surface area contributed by atoms with Gasteiger partial charge < -0.3 is 9.64 Å². The van der Waals surface area contributed by atoms with Crippen LogP contribution in [0.25, 0.3) is 5.70 Å². The van der Waals surface area contributed by atoms with Crippen molar-refractivity contribution in [3.63, 3.8) is 0 Å². The van der Waals surface area contributed by atoms with Gasteiger partial charge in [0.2, 0.25) is 0 Å². The molecule has 0 atom stereocenters. The Hall–Kier alpha value is -1.22. The Kier molecular flexibility index (Phi) is 3.64. The van der Waals surface area contributed by atoms with Crippen LogP contribution in [0.4, 0.5) is 13.2 Å². The van der Waals surface area contributed by atoms with Crippen LogP contribution in [0.5, 0.6) is 0 Å². The second kappa shape index (κ2) is 5.20. The van der Waals surface area contributed by atoms with Gasteiger partial charge in [-0.05, 0) is 22.9 Å². The molecule has 0 radical (unpaired) electrons. The summed E-state index contributed by atoms with van der Waals surface area (Å²) in [5, 5.41) is 0. The van der Waals surface area contributed by atoms with E-state index in [2.05, 4.69) is 20.9 Å². The zero-order chi connectivity index (χ0) is 15.2. The van der Waals surface area contributed by atoms with Crippen molar-refractivity contribution in [1.29, 1.82) is 0 Å². The summed E-state index contributed by atoms with van der Waals surface area (Å²) in [5.41, 5.74) is 1.16. The van der Waals surface area contributed by atoms with Crippen molar-refractivity contribution in [1.82, 2.24) is 19.4 Å². The standard InChI is InChI=1S/C12H14BrF3N4O/c1-8-10(13)20-7-19(12(14,15)16)6-9(11(20)17-8)18-2-4-21-5-3-18/h6H,2-5,7H2,1H3. The van der Waals surface area contributed by atoms with Gasteiger partial charge in [0, 0.05) is 19.3 Å². The van der Waals surface area contributed by atoms with Crippen LogP contribution >= 0.6 is 15.9 Å². The van der Waals surface area contributed by atoms with E-state index < -0.39 is 6.30 Å². The van der Waals surface area contributed by atoms with Crippen molar-refractivity contribution < 1.29 is 17.9 Å². The fourth-order valence-corrected chi connectivity index (χ4v) is 2.83. The molecule has 0 aromatic carbocycles. The monoisotopic (exact) mass is 366 g/mol. The van der Waals surface area contributed by atoms with Crippen LogP contribution in [0.3, 0.4) is 0 Å². The Morgan fingerprint density at radius 1 is 1.29 bits per heavy atom. The van der Waals surface area contributed by atoms with Crippen molar-refractivity contribution in [2.45, 2.75) is 19.9 Å². The first-order valence-electron chi connectivity index (χ1n) is 6.49. The van der Waals surface area contributed by atoms with Crippen LogP contribution in [0.2, 0.25) is 0 Å². The summed E-state index contributed by atoms with van der Waals surface area (Å²) < 4.78 is 46.7. The summed E-state index contributed by atoms with van der Waals surface area (Å²) >= 11 is 3.32.